The Morgan fingerprint density at radius 1 is 1.14 bits per heavy atom. The summed E-state index contributed by atoms with van der Waals surface area (Å²) >= 11 is 0. The number of benzene rings is 1. The van der Waals surface area contributed by atoms with Gasteiger partial charge in [-0.25, -0.2) is 4.79 Å². The van der Waals surface area contributed by atoms with Crippen molar-refractivity contribution in [3.05, 3.63) is 39.9 Å². The number of nitrogens with one attached hydrogen (secondary N) is 1. The number of carbonyl (C=O) groups is 2. The van der Waals surface area contributed by atoms with E-state index in [-0.39, 0.29) is 23.3 Å². The lowest BCUT2D eigenvalue weighted by Gasteiger charge is -2.26. The largest absolute Gasteiger partial charge is 0.335 e. The molecule has 0 aliphatic heterocycles. The molecular weight excluding hydrogens is 274 g/mol. The Balaban J connectivity index is 3.00. The van der Waals surface area contributed by atoms with Gasteiger partial charge in [0.2, 0.25) is 0 Å². The van der Waals surface area contributed by atoms with Gasteiger partial charge in [0.05, 0.1) is 4.92 Å². The Morgan fingerprint density at radius 3 is 2.05 bits per heavy atom. The second-order valence-corrected chi connectivity index (χ2v) is 5.18. The summed E-state index contributed by atoms with van der Waals surface area (Å²) in [7, 11) is 0. The van der Waals surface area contributed by atoms with Gasteiger partial charge in [0.1, 0.15) is 0 Å². The molecule has 0 radical (unpaired) electrons. The van der Waals surface area contributed by atoms with E-state index in [9.17, 15) is 19.7 Å². The van der Waals surface area contributed by atoms with Crippen molar-refractivity contribution in [2.75, 3.05) is 0 Å². The van der Waals surface area contributed by atoms with Crippen LogP contribution in [0.15, 0.2) is 24.3 Å². The molecule has 0 saturated carbocycles. The minimum absolute atomic E-state index is 0.0941. The normalized spacial score (nSPS) is 10.6. The zero-order valence-electron chi connectivity index (χ0n) is 12.5. The van der Waals surface area contributed by atoms with Crippen LogP contribution in [0.1, 0.15) is 38.1 Å². The third-order valence-corrected chi connectivity index (χ3v) is 2.69. The molecule has 1 aromatic carbocycles. The van der Waals surface area contributed by atoms with Crippen molar-refractivity contribution in [2.24, 2.45) is 0 Å². The Hall–Kier alpha value is -2.44. The van der Waals surface area contributed by atoms with Crippen LogP contribution < -0.4 is 5.32 Å². The van der Waals surface area contributed by atoms with Gasteiger partial charge in [-0.05, 0) is 39.8 Å². The van der Waals surface area contributed by atoms with Crippen molar-refractivity contribution in [2.45, 2.75) is 39.8 Å². The molecule has 7 heteroatoms. The fraction of sp³-hybridized carbons (Fsp3) is 0.429. The molecular formula is C14H19N3O4. The second-order valence-electron chi connectivity index (χ2n) is 5.18. The Labute approximate surface area is 123 Å². The fourth-order valence-corrected chi connectivity index (χ4v) is 1.74. The van der Waals surface area contributed by atoms with Crippen LogP contribution in [0.5, 0.6) is 0 Å². The average molecular weight is 293 g/mol. The van der Waals surface area contributed by atoms with E-state index in [2.05, 4.69) is 5.32 Å². The number of urea groups is 1. The molecule has 7 nitrogen and oxygen atoms in total. The zero-order valence-corrected chi connectivity index (χ0v) is 12.5. The maximum absolute atomic E-state index is 12.4. The second kappa shape index (κ2) is 6.83. The quantitative estimate of drug-likeness (QED) is 0.682. The van der Waals surface area contributed by atoms with Gasteiger partial charge >= 0.3 is 6.03 Å². The van der Waals surface area contributed by atoms with Crippen LogP contribution in [0.25, 0.3) is 0 Å². The van der Waals surface area contributed by atoms with Gasteiger partial charge in [-0.1, -0.05) is 0 Å². The molecule has 0 spiro atoms. The van der Waals surface area contributed by atoms with E-state index in [1.54, 1.807) is 27.7 Å². The number of nitro benzene ring substituents is 1. The van der Waals surface area contributed by atoms with Gasteiger partial charge < -0.3 is 5.32 Å². The highest BCUT2D eigenvalue weighted by Gasteiger charge is 2.26. The molecule has 0 bridgehead atoms. The highest BCUT2D eigenvalue weighted by molar-refractivity contribution is 6.04. The van der Waals surface area contributed by atoms with Gasteiger partial charge in [0, 0.05) is 29.8 Å². The minimum Gasteiger partial charge on any atom is -0.335 e. The predicted molar refractivity (Wildman–Crippen MR) is 78.1 cm³/mol. The first-order valence-electron chi connectivity index (χ1n) is 6.62. The Bertz CT molecular complexity index is 538. The molecule has 1 N–H and O–H groups in total. The van der Waals surface area contributed by atoms with Crippen LogP contribution in [0, 0.1) is 10.1 Å². The number of carbonyl (C=O) groups excluding carboxylic acids is 2. The van der Waals surface area contributed by atoms with Gasteiger partial charge in [-0.3, -0.25) is 19.8 Å². The number of hydrogen-bond donors (Lipinski definition) is 1. The van der Waals surface area contributed by atoms with Crippen molar-refractivity contribution in [1.82, 2.24) is 10.2 Å². The standard InChI is InChI=1S/C14H19N3O4/c1-9(2)15-14(19)16(10(3)4)13(18)11-5-7-12(8-6-11)17(20)21/h5-10H,1-4H3,(H,15,19). The van der Waals surface area contributed by atoms with E-state index in [1.165, 1.54) is 24.3 Å². The van der Waals surface area contributed by atoms with Gasteiger partial charge in [0.15, 0.2) is 0 Å². The average Bonchev–Trinajstić information content (AvgIpc) is 2.37. The molecule has 0 heterocycles. The molecule has 0 saturated heterocycles. The molecule has 114 valence electrons. The minimum atomic E-state index is -0.542. The van der Waals surface area contributed by atoms with Crippen molar-refractivity contribution >= 4 is 17.6 Å². The lowest BCUT2D eigenvalue weighted by molar-refractivity contribution is -0.384. The van der Waals surface area contributed by atoms with E-state index in [4.69, 9.17) is 0 Å². The predicted octanol–water partition coefficient (Wildman–Crippen LogP) is 2.56. The third kappa shape index (κ3) is 4.27. The Morgan fingerprint density at radius 2 is 1.67 bits per heavy atom. The summed E-state index contributed by atoms with van der Waals surface area (Å²) in [5.74, 6) is -0.488. The van der Waals surface area contributed by atoms with Crippen molar-refractivity contribution < 1.29 is 14.5 Å². The summed E-state index contributed by atoms with van der Waals surface area (Å²) in [6, 6.07) is 4.27. The number of nitrogens with zero attached hydrogens (tertiary/aromatic N) is 2. The zero-order chi connectivity index (χ0) is 16.2. The summed E-state index contributed by atoms with van der Waals surface area (Å²) in [4.78, 5) is 35.6. The van der Waals surface area contributed by atoms with Crippen molar-refractivity contribution in [1.29, 1.82) is 0 Å². The molecule has 1 rings (SSSR count). The number of hydrogen-bond acceptors (Lipinski definition) is 4. The lowest BCUT2D eigenvalue weighted by Crippen LogP contribution is -2.49. The van der Waals surface area contributed by atoms with Crippen LogP contribution in [-0.2, 0) is 0 Å². The Kier molecular flexibility index (Phi) is 5.40. The molecule has 0 atom stereocenters. The lowest BCUT2D eigenvalue weighted by atomic mass is 10.1. The molecule has 0 aromatic heterocycles. The highest BCUT2D eigenvalue weighted by atomic mass is 16.6. The van der Waals surface area contributed by atoms with E-state index >= 15 is 0 Å². The molecule has 1 aromatic rings. The maximum atomic E-state index is 12.4. The number of rotatable bonds is 4. The molecule has 0 aliphatic carbocycles. The van der Waals surface area contributed by atoms with E-state index in [0.717, 1.165) is 4.90 Å². The summed E-state index contributed by atoms with van der Waals surface area (Å²) in [5, 5.41) is 13.3. The molecule has 0 aliphatic rings. The van der Waals surface area contributed by atoms with Crippen LogP contribution in [0.4, 0.5) is 10.5 Å². The number of non-ortho nitro benzene ring substituents is 1. The van der Waals surface area contributed by atoms with Gasteiger partial charge in [-0.2, -0.15) is 0 Å². The van der Waals surface area contributed by atoms with Crippen LogP contribution >= 0.6 is 0 Å². The van der Waals surface area contributed by atoms with E-state index in [1.807, 2.05) is 0 Å². The third-order valence-electron chi connectivity index (χ3n) is 2.69. The summed E-state index contributed by atoms with van der Waals surface area (Å²) in [6.07, 6.45) is 0. The number of nitro groups is 1. The molecule has 0 fully saturated rings. The molecule has 3 amide bonds. The van der Waals surface area contributed by atoms with Gasteiger partial charge in [-0.15, -0.1) is 0 Å². The highest BCUT2D eigenvalue weighted by Crippen LogP contribution is 2.15. The maximum Gasteiger partial charge on any atom is 0.324 e. The SMILES string of the molecule is CC(C)NC(=O)N(C(=O)c1ccc([N+](=O)[O-])cc1)C(C)C. The first kappa shape index (κ1) is 16.6. The smallest absolute Gasteiger partial charge is 0.324 e. The van der Waals surface area contributed by atoms with Crippen molar-refractivity contribution in [3.63, 3.8) is 0 Å². The monoisotopic (exact) mass is 293 g/mol. The first-order chi connectivity index (χ1) is 9.73. The van der Waals surface area contributed by atoms with Crippen LogP contribution in [-0.4, -0.2) is 33.8 Å². The fourth-order valence-electron chi connectivity index (χ4n) is 1.74. The number of imide groups is 1. The molecule has 21 heavy (non-hydrogen) atoms. The van der Waals surface area contributed by atoms with E-state index < -0.39 is 16.9 Å². The molecule has 0 unspecified atom stereocenters. The van der Waals surface area contributed by atoms with Crippen LogP contribution in [0.3, 0.4) is 0 Å². The number of amides is 3. The van der Waals surface area contributed by atoms with E-state index in [0.29, 0.717) is 0 Å². The topological polar surface area (TPSA) is 92.6 Å². The summed E-state index contributed by atoms with van der Waals surface area (Å²) in [5.41, 5.74) is 0.127. The van der Waals surface area contributed by atoms with Gasteiger partial charge in [0.25, 0.3) is 11.6 Å². The first-order valence-corrected chi connectivity index (χ1v) is 6.62. The van der Waals surface area contributed by atoms with Crippen molar-refractivity contribution in [3.8, 4) is 0 Å². The summed E-state index contributed by atoms with van der Waals surface area (Å²) in [6.45, 7) is 7.05. The summed E-state index contributed by atoms with van der Waals surface area (Å²) < 4.78 is 0. The van der Waals surface area contributed by atoms with Crippen LogP contribution in [0.2, 0.25) is 0 Å².